The van der Waals surface area contributed by atoms with Crippen molar-refractivity contribution in [2.45, 2.75) is 19.3 Å². The monoisotopic (exact) mass is 213 g/mol. The van der Waals surface area contributed by atoms with Gasteiger partial charge in [0.1, 0.15) is 5.69 Å². The van der Waals surface area contributed by atoms with Gasteiger partial charge in [-0.1, -0.05) is 0 Å². The third kappa shape index (κ3) is 1.34. The Bertz CT molecular complexity index is 530. The molecule has 2 aromatic heterocycles. The van der Waals surface area contributed by atoms with E-state index in [9.17, 15) is 4.79 Å². The van der Waals surface area contributed by atoms with Gasteiger partial charge in [-0.2, -0.15) is 5.10 Å². The van der Waals surface area contributed by atoms with Crippen molar-refractivity contribution < 1.29 is 4.79 Å². The third-order valence-corrected chi connectivity index (χ3v) is 2.90. The van der Waals surface area contributed by atoms with E-state index in [0.717, 1.165) is 35.4 Å². The number of nitrogens with zero attached hydrogens (tertiary/aromatic N) is 2. The Morgan fingerprint density at radius 1 is 1.19 bits per heavy atom. The molecule has 4 heteroatoms. The maximum atomic E-state index is 11.9. The van der Waals surface area contributed by atoms with Crippen LogP contribution in [0.5, 0.6) is 0 Å². The van der Waals surface area contributed by atoms with Crippen molar-refractivity contribution in [3.63, 3.8) is 0 Å². The SMILES string of the molecule is O=C1CCCc2[nH]nc(-c3ccncc3)c21. The number of Topliss-reactive ketones (excluding diaryl/α,β-unsaturated/α-hetero) is 1. The van der Waals surface area contributed by atoms with Crippen LogP contribution in [0.4, 0.5) is 0 Å². The average molecular weight is 213 g/mol. The summed E-state index contributed by atoms with van der Waals surface area (Å²) < 4.78 is 0. The lowest BCUT2D eigenvalue weighted by molar-refractivity contribution is 0.0973. The maximum Gasteiger partial charge on any atom is 0.166 e. The molecule has 0 aliphatic heterocycles. The summed E-state index contributed by atoms with van der Waals surface area (Å²) in [7, 11) is 0. The fourth-order valence-electron chi connectivity index (χ4n) is 2.13. The summed E-state index contributed by atoms with van der Waals surface area (Å²) in [5.74, 6) is 0.196. The number of aromatic nitrogens is 3. The maximum absolute atomic E-state index is 11.9. The van der Waals surface area contributed by atoms with Crippen LogP contribution >= 0.6 is 0 Å². The van der Waals surface area contributed by atoms with E-state index in [4.69, 9.17) is 0 Å². The Morgan fingerprint density at radius 2 is 2.00 bits per heavy atom. The molecule has 2 heterocycles. The molecule has 0 spiro atoms. The van der Waals surface area contributed by atoms with Gasteiger partial charge in [-0.25, -0.2) is 0 Å². The number of pyridine rings is 1. The summed E-state index contributed by atoms with van der Waals surface area (Å²) in [6.07, 6.45) is 5.89. The highest BCUT2D eigenvalue weighted by Crippen LogP contribution is 2.28. The highest BCUT2D eigenvalue weighted by Gasteiger charge is 2.24. The van der Waals surface area contributed by atoms with Gasteiger partial charge in [0.25, 0.3) is 0 Å². The van der Waals surface area contributed by atoms with Crippen molar-refractivity contribution in [1.82, 2.24) is 15.2 Å². The number of nitrogens with one attached hydrogen (secondary N) is 1. The number of H-pyrrole nitrogens is 1. The van der Waals surface area contributed by atoms with Crippen molar-refractivity contribution >= 4 is 5.78 Å². The zero-order chi connectivity index (χ0) is 11.0. The minimum atomic E-state index is 0.196. The number of hydrogen-bond acceptors (Lipinski definition) is 3. The van der Waals surface area contributed by atoms with Crippen LogP contribution in [0.1, 0.15) is 28.9 Å². The molecular formula is C12H11N3O. The zero-order valence-corrected chi connectivity index (χ0v) is 8.73. The molecule has 0 saturated heterocycles. The molecule has 0 fully saturated rings. The van der Waals surface area contributed by atoms with E-state index in [1.165, 1.54) is 0 Å². The van der Waals surface area contributed by atoms with E-state index >= 15 is 0 Å². The second-order valence-electron chi connectivity index (χ2n) is 3.94. The Hall–Kier alpha value is -1.97. The molecular weight excluding hydrogens is 202 g/mol. The van der Waals surface area contributed by atoms with Gasteiger partial charge in [0, 0.05) is 30.1 Å². The van der Waals surface area contributed by atoms with Crippen molar-refractivity contribution in [1.29, 1.82) is 0 Å². The number of carbonyl (C=O) groups is 1. The first kappa shape index (κ1) is 9.27. The molecule has 16 heavy (non-hydrogen) atoms. The van der Waals surface area contributed by atoms with Crippen LogP contribution in [-0.2, 0) is 6.42 Å². The fraction of sp³-hybridized carbons (Fsp3) is 0.250. The van der Waals surface area contributed by atoms with E-state index < -0.39 is 0 Å². The van der Waals surface area contributed by atoms with Crippen molar-refractivity contribution in [3.8, 4) is 11.3 Å². The van der Waals surface area contributed by atoms with Crippen LogP contribution in [0, 0.1) is 0 Å². The molecule has 0 radical (unpaired) electrons. The number of fused-ring (bicyclic) bond motifs is 1. The van der Waals surface area contributed by atoms with Gasteiger partial charge in [0.2, 0.25) is 0 Å². The van der Waals surface area contributed by atoms with Gasteiger partial charge in [-0.05, 0) is 25.0 Å². The molecule has 0 aromatic carbocycles. The average Bonchev–Trinajstić information content (AvgIpc) is 2.75. The Balaban J connectivity index is 2.16. The summed E-state index contributed by atoms with van der Waals surface area (Å²) in [4.78, 5) is 15.8. The molecule has 0 bridgehead atoms. The van der Waals surface area contributed by atoms with Gasteiger partial charge in [0.05, 0.1) is 5.56 Å². The van der Waals surface area contributed by atoms with Crippen LogP contribution in [0.25, 0.3) is 11.3 Å². The molecule has 0 atom stereocenters. The fourth-order valence-corrected chi connectivity index (χ4v) is 2.13. The summed E-state index contributed by atoms with van der Waals surface area (Å²) in [6, 6.07) is 3.75. The summed E-state index contributed by atoms with van der Waals surface area (Å²) in [6.45, 7) is 0. The normalized spacial score (nSPS) is 14.9. The van der Waals surface area contributed by atoms with Crippen LogP contribution in [0.15, 0.2) is 24.5 Å². The quantitative estimate of drug-likeness (QED) is 0.788. The third-order valence-electron chi connectivity index (χ3n) is 2.90. The minimum Gasteiger partial charge on any atom is -0.294 e. The number of carbonyl (C=O) groups excluding carboxylic acids is 1. The van der Waals surface area contributed by atoms with Gasteiger partial charge in [0.15, 0.2) is 5.78 Å². The molecule has 80 valence electrons. The Morgan fingerprint density at radius 3 is 2.81 bits per heavy atom. The lowest BCUT2D eigenvalue weighted by Gasteiger charge is -2.09. The minimum absolute atomic E-state index is 0.196. The summed E-state index contributed by atoms with van der Waals surface area (Å²) >= 11 is 0. The zero-order valence-electron chi connectivity index (χ0n) is 8.73. The number of hydrogen-bond donors (Lipinski definition) is 1. The van der Waals surface area contributed by atoms with Crippen LogP contribution < -0.4 is 0 Å². The number of aryl methyl sites for hydroxylation is 1. The first-order chi connectivity index (χ1) is 7.86. The standard InChI is InChI=1S/C12H11N3O/c16-10-3-1-2-9-11(10)12(15-14-9)8-4-6-13-7-5-8/h4-7H,1-3H2,(H,14,15). The number of ketones is 1. The second-order valence-corrected chi connectivity index (χ2v) is 3.94. The second kappa shape index (κ2) is 3.56. The predicted octanol–water partition coefficient (Wildman–Crippen LogP) is 1.99. The highest BCUT2D eigenvalue weighted by atomic mass is 16.1. The lowest BCUT2D eigenvalue weighted by Crippen LogP contribution is -2.09. The molecule has 1 aliphatic rings. The van der Waals surface area contributed by atoms with Crippen molar-refractivity contribution in [3.05, 3.63) is 35.8 Å². The highest BCUT2D eigenvalue weighted by molar-refractivity contribution is 6.03. The van der Waals surface area contributed by atoms with Gasteiger partial charge in [-0.3, -0.25) is 14.9 Å². The molecule has 3 rings (SSSR count). The van der Waals surface area contributed by atoms with E-state index in [-0.39, 0.29) is 5.78 Å². The van der Waals surface area contributed by atoms with E-state index in [1.54, 1.807) is 12.4 Å². The molecule has 1 aliphatic carbocycles. The summed E-state index contributed by atoms with van der Waals surface area (Å²) in [5, 5.41) is 7.21. The van der Waals surface area contributed by atoms with Crippen LogP contribution in [-0.4, -0.2) is 21.0 Å². The van der Waals surface area contributed by atoms with Crippen LogP contribution in [0.2, 0.25) is 0 Å². The topological polar surface area (TPSA) is 58.6 Å². The van der Waals surface area contributed by atoms with Crippen molar-refractivity contribution in [2.75, 3.05) is 0 Å². The largest absolute Gasteiger partial charge is 0.294 e. The Kier molecular flexibility index (Phi) is 2.06. The molecule has 4 nitrogen and oxygen atoms in total. The smallest absolute Gasteiger partial charge is 0.166 e. The van der Waals surface area contributed by atoms with E-state index in [2.05, 4.69) is 15.2 Å². The van der Waals surface area contributed by atoms with Gasteiger partial charge in [-0.15, -0.1) is 0 Å². The molecule has 1 N–H and O–H groups in total. The van der Waals surface area contributed by atoms with E-state index in [0.29, 0.717) is 6.42 Å². The molecule has 0 saturated carbocycles. The van der Waals surface area contributed by atoms with Gasteiger partial charge >= 0.3 is 0 Å². The predicted molar refractivity (Wildman–Crippen MR) is 59.1 cm³/mol. The van der Waals surface area contributed by atoms with Gasteiger partial charge < -0.3 is 0 Å². The number of aromatic amines is 1. The first-order valence-electron chi connectivity index (χ1n) is 5.37. The lowest BCUT2D eigenvalue weighted by atomic mass is 9.93. The summed E-state index contributed by atoms with van der Waals surface area (Å²) in [5.41, 5.74) is 3.46. The molecule has 0 unspecified atom stereocenters. The Labute approximate surface area is 92.7 Å². The van der Waals surface area contributed by atoms with Crippen LogP contribution in [0.3, 0.4) is 0 Å². The number of rotatable bonds is 1. The first-order valence-corrected chi connectivity index (χ1v) is 5.37. The van der Waals surface area contributed by atoms with E-state index in [1.807, 2.05) is 12.1 Å². The van der Waals surface area contributed by atoms with Crippen molar-refractivity contribution in [2.24, 2.45) is 0 Å². The molecule has 2 aromatic rings. The molecule has 0 amide bonds.